The van der Waals surface area contributed by atoms with Crippen LogP contribution in [-0.4, -0.2) is 33.3 Å². The predicted octanol–water partition coefficient (Wildman–Crippen LogP) is 0.836. The first-order valence-electron chi connectivity index (χ1n) is 7.38. The molecular weight excluding hydrogens is 349 g/mol. The number of nitrogens with two attached hydrogens (primary N) is 1. The number of benzene rings is 1. The van der Waals surface area contributed by atoms with Crippen molar-refractivity contribution in [3.63, 3.8) is 0 Å². The van der Waals surface area contributed by atoms with Crippen LogP contribution >= 0.6 is 0 Å². The molecular formula is C16H20FN3O4S. The lowest BCUT2D eigenvalue weighted by Crippen LogP contribution is -2.48. The van der Waals surface area contributed by atoms with Crippen LogP contribution in [-0.2, 0) is 19.6 Å². The SMILES string of the molecule is COC1(C(C(=O)NN)c2ccccc2)C=CC(NS(C)(=O)=O)=C(F)C1. The highest BCUT2D eigenvalue weighted by Crippen LogP contribution is 2.41. The van der Waals surface area contributed by atoms with Crippen molar-refractivity contribution in [2.24, 2.45) is 5.84 Å². The second-order valence-electron chi connectivity index (χ2n) is 5.71. The summed E-state index contributed by atoms with van der Waals surface area (Å²) in [6.07, 6.45) is 3.32. The van der Waals surface area contributed by atoms with Gasteiger partial charge < -0.3 is 4.74 Å². The van der Waals surface area contributed by atoms with Gasteiger partial charge in [0, 0.05) is 13.5 Å². The maximum Gasteiger partial charge on any atom is 0.244 e. The molecule has 1 aliphatic rings. The molecule has 2 atom stereocenters. The number of hydrogen-bond donors (Lipinski definition) is 3. The summed E-state index contributed by atoms with van der Waals surface area (Å²) in [4.78, 5) is 12.4. The summed E-state index contributed by atoms with van der Waals surface area (Å²) in [5, 5.41) is 0. The fourth-order valence-electron chi connectivity index (χ4n) is 2.84. The lowest BCUT2D eigenvalue weighted by atomic mass is 9.76. The Morgan fingerprint density at radius 3 is 2.48 bits per heavy atom. The Labute approximate surface area is 145 Å². The molecule has 0 aromatic heterocycles. The zero-order chi connectivity index (χ0) is 18.7. The van der Waals surface area contributed by atoms with Crippen molar-refractivity contribution < 1.29 is 22.3 Å². The quantitative estimate of drug-likeness (QED) is 0.391. The van der Waals surface area contributed by atoms with Gasteiger partial charge in [0.15, 0.2) is 0 Å². The second-order valence-corrected chi connectivity index (χ2v) is 7.46. The van der Waals surface area contributed by atoms with E-state index in [-0.39, 0.29) is 12.1 Å². The molecule has 1 aromatic rings. The third-order valence-electron chi connectivity index (χ3n) is 3.96. The smallest absolute Gasteiger partial charge is 0.244 e. The van der Waals surface area contributed by atoms with Crippen LogP contribution in [0.2, 0.25) is 0 Å². The molecule has 9 heteroatoms. The van der Waals surface area contributed by atoms with E-state index in [0.717, 1.165) is 6.26 Å². The zero-order valence-electron chi connectivity index (χ0n) is 13.8. The van der Waals surface area contributed by atoms with Crippen LogP contribution in [0.25, 0.3) is 0 Å². The maximum atomic E-state index is 14.6. The van der Waals surface area contributed by atoms with Gasteiger partial charge in [-0.15, -0.1) is 0 Å². The molecule has 0 bridgehead atoms. The van der Waals surface area contributed by atoms with Crippen molar-refractivity contribution in [1.82, 2.24) is 10.1 Å². The summed E-state index contributed by atoms with van der Waals surface area (Å²) in [5.41, 5.74) is 1.13. The Hall–Kier alpha value is -2.23. The first kappa shape index (κ1) is 19.1. The lowest BCUT2D eigenvalue weighted by Gasteiger charge is -2.38. The van der Waals surface area contributed by atoms with Crippen LogP contribution in [0.5, 0.6) is 0 Å². The summed E-state index contributed by atoms with van der Waals surface area (Å²) in [6.45, 7) is 0. The number of carbonyl (C=O) groups excluding carboxylic acids is 1. The molecule has 136 valence electrons. The molecule has 0 aliphatic heterocycles. The highest BCUT2D eigenvalue weighted by molar-refractivity contribution is 7.88. The molecule has 1 aliphatic carbocycles. The molecule has 0 saturated carbocycles. The molecule has 4 N–H and O–H groups in total. The normalized spacial score (nSPS) is 21.8. The minimum Gasteiger partial charge on any atom is -0.373 e. The molecule has 2 unspecified atom stereocenters. The lowest BCUT2D eigenvalue weighted by molar-refractivity contribution is -0.128. The standard InChI is InChI=1S/C16H20FN3O4S/c1-24-16(9-8-13(12(17)10-16)20-25(2,22)23)14(15(21)19-18)11-6-4-3-5-7-11/h3-9,14,20H,10,18H2,1-2H3,(H,19,21). The van der Waals surface area contributed by atoms with Crippen molar-refractivity contribution in [2.45, 2.75) is 17.9 Å². The second kappa shape index (κ2) is 7.34. The predicted molar refractivity (Wildman–Crippen MR) is 91.1 cm³/mol. The van der Waals surface area contributed by atoms with Crippen LogP contribution in [0.15, 0.2) is 54.0 Å². The number of halogens is 1. The summed E-state index contributed by atoms with van der Waals surface area (Å²) in [6, 6.07) is 8.68. The number of nitrogens with one attached hydrogen (secondary N) is 2. The van der Waals surface area contributed by atoms with E-state index in [9.17, 15) is 17.6 Å². The Kier molecular flexibility index (Phi) is 5.61. The van der Waals surface area contributed by atoms with Gasteiger partial charge in [-0.2, -0.15) is 0 Å². The van der Waals surface area contributed by atoms with Gasteiger partial charge in [0.25, 0.3) is 0 Å². The van der Waals surface area contributed by atoms with Gasteiger partial charge >= 0.3 is 0 Å². The van der Waals surface area contributed by atoms with Crippen LogP contribution < -0.4 is 16.0 Å². The van der Waals surface area contributed by atoms with E-state index < -0.39 is 33.3 Å². The molecule has 0 fully saturated rings. The zero-order valence-corrected chi connectivity index (χ0v) is 14.6. The number of carbonyl (C=O) groups is 1. The third kappa shape index (κ3) is 4.25. The van der Waals surface area contributed by atoms with Gasteiger partial charge in [-0.25, -0.2) is 18.7 Å². The van der Waals surface area contributed by atoms with E-state index in [1.54, 1.807) is 30.3 Å². The number of amides is 1. The molecule has 1 aromatic carbocycles. The van der Waals surface area contributed by atoms with E-state index in [1.165, 1.54) is 19.3 Å². The third-order valence-corrected chi connectivity index (χ3v) is 4.55. The Morgan fingerprint density at radius 2 is 2.00 bits per heavy atom. The van der Waals surface area contributed by atoms with Gasteiger partial charge in [-0.3, -0.25) is 14.9 Å². The number of ether oxygens (including phenoxy) is 1. The van der Waals surface area contributed by atoms with Crippen molar-refractivity contribution in [3.8, 4) is 0 Å². The van der Waals surface area contributed by atoms with E-state index in [4.69, 9.17) is 10.6 Å². The molecule has 1 amide bonds. The van der Waals surface area contributed by atoms with Gasteiger partial charge in [-0.1, -0.05) is 30.3 Å². The Morgan fingerprint density at radius 1 is 1.36 bits per heavy atom. The first-order valence-corrected chi connectivity index (χ1v) is 9.28. The van der Waals surface area contributed by atoms with Crippen molar-refractivity contribution in [2.75, 3.05) is 13.4 Å². The van der Waals surface area contributed by atoms with Crippen molar-refractivity contribution >= 4 is 15.9 Å². The molecule has 25 heavy (non-hydrogen) atoms. The Bertz CT molecular complexity index is 808. The van der Waals surface area contributed by atoms with Gasteiger partial charge in [0.2, 0.25) is 15.9 Å². The highest BCUT2D eigenvalue weighted by atomic mass is 32.2. The largest absolute Gasteiger partial charge is 0.373 e. The minimum absolute atomic E-state index is 0.185. The van der Waals surface area contributed by atoms with Crippen LogP contribution in [0.4, 0.5) is 4.39 Å². The molecule has 0 spiro atoms. The van der Waals surface area contributed by atoms with Crippen LogP contribution in [0.1, 0.15) is 17.9 Å². The van der Waals surface area contributed by atoms with E-state index in [1.807, 2.05) is 0 Å². The summed E-state index contributed by atoms with van der Waals surface area (Å²) in [5.74, 6) is 3.09. The molecule has 0 saturated heterocycles. The maximum absolute atomic E-state index is 14.6. The first-order chi connectivity index (χ1) is 11.7. The number of hydrogen-bond acceptors (Lipinski definition) is 5. The molecule has 2 rings (SSSR count). The van der Waals surface area contributed by atoms with Crippen molar-refractivity contribution in [1.29, 1.82) is 0 Å². The number of methoxy groups -OCH3 is 1. The topological polar surface area (TPSA) is 111 Å². The average molecular weight is 369 g/mol. The van der Waals surface area contributed by atoms with Crippen molar-refractivity contribution in [3.05, 3.63) is 59.6 Å². The number of sulfonamides is 1. The van der Waals surface area contributed by atoms with E-state index in [2.05, 4.69) is 10.1 Å². The number of allylic oxidation sites excluding steroid dienone is 1. The number of rotatable bonds is 6. The fraction of sp³-hybridized carbons (Fsp3) is 0.312. The van der Waals surface area contributed by atoms with Gasteiger partial charge in [0.1, 0.15) is 11.4 Å². The van der Waals surface area contributed by atoms with Crippen LogP contribution in [0, 0.1) is 0 Å². The molecule has 0 radical (unpaired) electrons. The fourth-order valence-corrected chi connectivity index (χ4v) is 3.42. The van der Waals surface area contributed by atoms with E-state index in [0.29, 0.717) is 5.56 Å². The average Bonchev–Trinajstić information content (AvgIpc) is 2.57. The summed E-state index contributed by atoms with van der Waals surface area (Å²) in [7, 11) is -2.28. The van der Waals surface area contributed by atoms with Gasteiger partial charge in [0.05, 0.1) is 17.9 Å². The number of hydrazine groups is 1. The summed E-state index contributed by atoms with van der Waals surface area (Å²) < 4.78 is 44.8. The van der Waals surface area contributed by atoms with E-state index >= 15 is 0 Å². The molecule has 7 nitrogen and oxygen atoms in total. The monoisotopic (exact) mass is 369 g/mol. The van der Waals surface area contributed by atoms with Gasteiger partial charge in [-0.05, 0) is 17.7 Å². The highest BCUT2D eigenvalue weighted by Gasteiger charge is 2.45. The minimum atomic E-state index is -3.63. The Balaban J connectivity index is 2.46. The van der Waals surface area contributed by atoms with Crippen LogP contribution in [0.3, 0.4) is 0 Å². The molecule has 0 heterocycles. The summed E-state index contributed by atoms with van der Waals surface area (Å²) >= 11 is 0.